The van der Waals surface area contributed by atoms with Gasteiger partial charge in [-0.05, 0) is 68.6 Å². The van der Waals surface area contributed by atoms with Crippen LogP contribution >= 0.6 is 0 Å². The van der Waals surface area contributed by atoms with Gasteiger partial charge in [-0.2, -0.15) is 0 Å². The second-order valence-corrected chi connectivity index (χ2v) is 13.6. The fourth-order valence-electron chi connectivity index (χ4n) is 7.07. The van der Waals surface area contributed by atoms with E-state index in [1.807, 2.05) is 24.2 Å². The molecule has 0 spiro atoms. The van der Waals surface area contributed by atoms with Gasteiger partial charge in [-0.3, -0.25) is 4.79 Å². The Balaban J connectivity index is 1.45. The summed E-state index contributed by atoms with van der Waals surface area (Å²) in [6, 6.07) is 0. The van der Waals surface area contributed by atoms with Crippen LogP contribution in [-0.4, -0.2) is 101 Å². The maximum atomic E-state index is 13.2. The van der Waals surface area contributed by atoms with E-state index in [0.717, 1.165) is 12.1 Å². The second kappa shape index (κ2) is 13.6. The normalized spacial score (nSPS) is 40.2. The van der Waals surface area contributed by atoms with Crippen LogP contribution in [0.4, 0.5) is 0 Å². The van der Waals surface area contributed by atoms with Crippen molar-refractivity contribution in [2.45, 2.75) is 89.6 Å². The van der Waals surface area contributed by atoms with Gasteiger partial charge in [0, 0.05) is 31.8 Å². The van der Waals surface area contributed by atoms with E-state index in [0.29, 0.717) is 24.6 Å². The van der Waals surface area contributed by atoms with Crippen LogP contribution in [-0.2, 0) is 33.3 Å². The van der Waals surface area contributed by atoms with Gasteiger partial charge >= 0.3 is 11.9 Å². The molecule has 12 nitrogen and oxygen atoms in total. The molecule has 5 aliphatic rings. The van der Waals surface area contributed by atoms with E-state index in [1.54, 1.807) is 25.2 Å². The van der Waals surface area contributed by atoms with Crippen LogP contribution in [0.3, 0.4) is 0 Å². The van der Waals surface area contributed by atoms with Gasteiger partial charge in [-0.25, -0.2) is 4.79 Å². The number of esters is 2. The minimum absolute atomic E-state index is 0.0285. The van der Waals surface area contributed by atoms with E-state index in [1.165, 1.54) is 18.6 Å². The van der Waals surface area contributed by atoms with Crippen LogP contribution in [0.1, 0.15) is 47.5 Å². The van der Waals surface area contributed by atoms with Crippen LogP contribution < -0.4 is 5.32 Å². The summed E-state index contributed by atoms with van der Waals surface area (Å²) in [5.74, 6) is -2.67. The van der Waals surface area contributed by atoms with E-state index in [9.17, 15) is 24.9 Å². The molecule has 0 aromatic rings. The van der Waals surface area contributed by atoms with Crippen LogP contribution in [0.25, 0.3) is 0 Å². The quantitative estimate of drug-likeness (QED) is 0.174. The third kappa shape index (κ3) is 7.27. The molecule has 4 heterocycles. The first-order valence-corrected chi connectivity index (χ1v) is 16.0. The first kappa shape index (κ1) is 34.3. The minimum Gasteiger partial charge on any atom is -0.456 e. The van der Waals surface area contributed by atoms with Crippen molar-refractivity contribution < 1.29 is 48.6 Å². The molecule has 0 unspecified atom stereocenters. The average Bonchev–Trinajstić information content (AvgIpc) is 3.56. The Bertz CT molecular complexity index is 1320. The van der Waals surface area contributed by atoms with E-state index in [2.05, 4.69) is 32.2 Å². The lowest BCUT2D eigenvalue weighted by Gasteiger charge is -2.41. The smallest absolute Gasteiger partial charge is 0.331 e. The Morgan fingerprint density at radius 2 is 2.00 bits per heavy atom. The Morgan fingerprint density at radius 3 is 2.67 bits per heavy atom. The molecule has 0 radical (unpaired) electrons. The number of nitrogens with one attached hydrogen (secondary N) is 1. The molecule has 5 rings (SSSR count). The molecule has 0 amide bonds. The Labute approximate surface area is 270 Å². The standard InChI is InChI=1S/C34H48N2O10/c1-19(2)24-9-7-20(3)25-14-28(45-29(39)10-8-23-15-36(6)18-35-23)33(5)11-12-34(41,46-33)22(13-26(24)25)16-42-32-31(44-21(4)37)30(40)27(38)17-43-32/h7-8,10-13,15,19,24-28,30-32,35,38,40-41H,9,14,16-18H2,1-6H3/b10-8+,22-13-/t24-,25+,26-,27-,28+,30-,31+,32-,33+,34-/m1/s1. The summed E-state index contributed by atoms with van der Waals surface area (Å²) in [6.07, 6.45) is 7.91. The molecule has 0 aromatic heterocycles. The third-order valence-corrected chi connectivity index (χ3v) is 9.77. The zero-order valence-electron chi connectivity index (χ0n) is 27.4. The zero-order chi connectivity index (χ0) is 33.4. The molecule has 1 aliphatic carbocycles. The number of aliphatic hydroxyl groups excluding tert-OH is 2. The zero-order valence-corrected chi connectivity index (χ0v) is 27.4. The lowest BCUT2D eigenvalue weighted by Crippen LogP contribution is -2.55. The summed E-state index contributed by atoms with van der Waals surface area (Å²) in [5, 5.41) is 35.9. The number of rotatable bonds is 8. The third-order valence-electron chi connectivity index (χ3n) is 9.77. The maximum absolute atomic E-state index is 13.2. The van der Waals surface area contributed by atoms with Crippen LogP contribution in [0.5, 0.6) is 0 Å². The molecular formula is C34H48N2O10. The summed E-state index contributed by atoms with van der Waals surface area (Å²) < 4.78 is 29.5. The average molecular weight is 645 g/mol. The van der Waals surface area contributed by atoms with Gasteiger partial charge in [-0.1, -0.05) is 31.6 Å². The first-order chi connectivity index (χ1) is 21.7. The molecule has 1 fully saturated rings. The van der Waals surface area contributed by atoms with Gasteiger partial charge in [0.05, 0.1) is 25.6 Å². The van der Waals surface area contributed by atoms with Gasteiger partial charge in [0.25, 0.3) is 0 Å². The molecule has 0 aromatic carbocycles. The first-order valence-electron chi connectivity index (χ1n) is 16.0. The van der Waals surface area contributed by atoms with E-state index in [4.69, 9.17) is 23.7 Å². The summed E-state index contributed by atoms with van der Waals surface area (Å²) in [5.41, 5.74) is 1.19. The summed E-state index contributed by atoms with van der Waals surface area (Å²) >= 11 is 0. The van der Waals surface area contributed by atoms with E-state index in [-0.39, 0.29) is 31.0 Å². The molecule has 4 N–H and O–H groups in total. The predicted octanol–water partition coefficient (Wildman–Crippen LogP) is 2.03. The van der Waals surface area contributed by atoms with Gasteiger partial charge in [0.1, 0.15) is 23.9 Å². The number of carbonyl (C=O) groups is 2. The Morgan fingerprint density at radius 1 is 1.24 bits per heavy atom. The highest BCUT2D eigenvalue weighted by Crippen LogP contribution is 2.49. The van der Waals surface area contributed by atoms with E-state index >= 15 is 0 Å². The van der Waals surface area contributed by atoms with Gasteiger partial charge in [-0.15, -0.1) is 0 Å². The summed E-state index contributed by atoms with van der Waals surface area (Å²) in [4.78, 5) is 26.9. The maximum Gasteiger partial charge on any atom is 0.331 e. The highest BCUT2D eigenvalue weighted by molar-refractivity contribution is 5.82. The number of allylic oxidation sites excluding steroid dienone is 4. The number of aliphatic hydroxyl groups is 3. The number of hydrogen-bond acceptors (Lipinski definition) is 12. The predicted molar refractivity (Wildman–Crippen MR) is 166 cm³/mol. The van der Waals surface area contributed by atoms with E-state index < -0.39 is 54.0 Å². The fourth-order valence-corrected chi connectivity index (χ4v) is 7.07. The van der Waals surface area contributed by atoms with Crippen molar-refractivity contribution in [3.63, 3.8) is 0 Å². The van der Waals surface area contributed by atoms with Crippen molar-refractivity contribution in [2.24, 2.45) is 23.7 Å². The molecule has 254 valence electrons. The number of nitrogens with zero attached hydrogens (tertiary/aromatic N) is 1. The molecule has 4 aliphatic heterocycles. The van der Waals surface area contributed by atoms with Crippen molar-refractivity contribution in [1.29, 1.82) is 0 Å². The number of hydrogen-bond donors (Lipinski definition) is 4. The van der Waals surface area contributed by atoms with Crippen molar-refractivity contribution >= 4 is 11.9 Å². The number of carbonyl (C=O) groups excluding carboxylic acids is 2. The molecule has 0 saturated carbocycles. The van der Waals surface area contributed by atoms with Crippen LogP contribution in [0.15, 0.2) is 59.5 Å². The lowest BCUT2D eigenvalue weighted by atomic mass is 9.65. The monoisotopic (exact) mass is 644 g/mol. The molecule has 2 bridgehead atoms. The van der Waals surface area contributed by atoms with Crippen LogP contribution in [0, 0.1) is 23.7 Å². The van der Waals surface area contributed by atoms with Crippen LogP contribution in [0.2, 0.25) is 0 Å². The Kier molecular flexibility index (Phi) is 10.2. The van der Waals surface area contributed by atoms with Crippen molar-refractivity contribution in [2.75, 3.05) is 26.9 Å². The molecule has 12 heteroatoms. The number of ether oxygens (including phenoxy) is 5. The largest absolute Gasteiger partial charge is 0.456 e. The molecular weight excluding hydrogens is 596 g/mol. The summed E-state index contributed by atoms with van der Waals surface area (Å²) in [6.45, 7) is 9.64. The highest BCUT2D eigenvalue weighted by atomic mass is 16.7. The fraction of sp³-hybridized carbons (Fsp3) is 0.647. The molecule has 1 saturated heterocycles. The van der Waals surface area contributed by atoms with Gasteiger partial charge in [0.2, 0.25) is 5.79 Å². The molecule has 46 heavy (non-hydrogen) atoms. The van der Waals surface area contributed by atoms with Gasteiger partial charge < -0.3 is 49.2 Å². The number of fused-ring (bicyclic) bond motifs is 3. The lowest BCUT2D eigenvalue weighted by molar-refractivity contribution is -0.276. The molecule has 10 atom stereocenters. The van der Waals surface area contributed by atoms with Crippen molar-refractivity contribution in [3.8, 4) is 0 Å². The van der Waals surface area contributed by atoms with Gasteiger partial charge in [0.15, 0.2) is 12.4 Å². The second-order valence-electron chi connectivity index (χ2n) is 13.6. The van der Waals surface area contributed by atoms with Crippen molar-refractivity contribution in [3.05, 3.63) is 59.5 Å². The topological polar surface area (TPSA) is 156 Å². The highest BCUT2D eigenvalue weighted by Gasteiger charge is 2.53. The minimum atomic E-state index is -1.91. The SMILES string of the molecule is CC(=O)O[C@@H]1[C@H](OC/C2=C/[C@@H]3[C@@H](C(C)C)CC=C(C)[C@@H]3C[C@H](OC(=O)/C=C/C3=CN(C)CN3)[C@]3(C)C=C[C@@]2(O)O3)OC[C@@H](O)[C@H]1O. The summed E-state index contributed by atoms with van der Waals surface area (Å²) in [7, 11) is 1.93. The van der Waals surface area contributed by atoms with Crippen molar-refractivity contribution in [1.82, 2.24) is 10.2 Å². The Hall–Kier alpha value is -3.00.